The summed E-state index contributed by atoms with van der Waals surface area (Å²) in [5, 5.41) is 103. The van der Waals surface area contributed by atoms with Gasteiger partial charge in [-0.15, -0.1) is 0 Å². The van der Waals surface area contributed by atoms with Gasteiger partial charge >= 0.3 is 5.97 Å². The second-order valence-corrected chi connectivity index (χ2v) is 23.6. The van der Waals surface area contributed by atoms with E-state index in [-0.39, 0.29) is 43.6 Å². The summed E-state index contributed by atoms with van der Waals surface area (Å²) >= 11 is 0. The van der Waals surface area contributed by atoms with E-state index >= 15 is 0 Å². The number of cyclic esters (lactones) is 1. The second-order valence-electron chi connectivity index (χ2n) is 23.6. The fourth-order valence-corrected chi connectivity index (χ4v) is 12.0. The number of allylic oxidation sites excluding steroid dienone is 5. The fourth-order valence-electron chi connectivity index (χ4n) is 12.0. The lowest BCUT2D eigenvalue weighted by molar-refractivity contribution is -0.416. The normalized spacial score (nSPS) is 46.4. The van der Waals surface area contributed by atoms with Crippen molar-refractivity contribution in [2.75, 3.05) is 48.8 Å². The molecule has 4 saturated heterocycles. The van der Waals surface area contributed by atoms with Crippen LogP contribution in [0.2, 0.25) is 0 Å². The second kappa shape index (κ2) is 30.7. The van der Waals surface area contributed by atoms with Crippen LogP contribution in [-0.4, -0.2) is 234 Å². The van der Waals surface area contributed by atoms with Gasteiger partial charge < -0.3 is 108 Å². The molecule has 0 aromatic heterocycles. The van der Waals surface area contributed by atoms with Gasteiger partial charge in [0.15, 0.2) is 18.9 Å². The van der Waals surface area contributed by atoms with E-state index in [4.69, 9.17) is 61.6 Å². The smallest absolute Gasteiger partial charge is 0.334 e. The number of aliphatic hydroxyl groups is 9. The number of hydrogen-bond donors (Lipinski definition) is 9. The lowest BCUT2D eigenvalue weighted by Crippen LogP contribution is -2.74. The van der Waals surface area contributed by atoms with Gasteiger partial charge in [-0.05, 0) is 98.5 Å². The van der Waals surface area contributed by atoms with E-state index < -0.39 is 158 Å². The van der Waals surface area contributed by atoms with Crippen molar-refractivity contribution in [3.8, 4) is 0 Å². The Morgan fingerprint density at radius 2 is 1.40 bits per heavy atom. The highest BCUT2D eigenvalue weighted by Crippen LogP contribution is 2.47. The van der Waals surface area contributed by atoms with Gasteiger partial charge in [0.2, 0.25) is 5.79 Å². The van der Waals surface area contributed by atoms with Gasteiger partial charge in [-0.25, -0.2) is 4.79 Å². The van der Waals surface area contributed by atoms with Crippen molar-refractivity contribution in [2.45, 2.75) is 242 Å². The van der Waals surface area contributed by atoms with Crippen LogP contribution >= 0.6 is 0 Å². The molecule has 5 heterocycles. The highest BCUT2D eigenvalue weighted by Gasteiger charge is 2.64. The van der Waals surface area contributed by atoms with Crippen LogP contribution in [0, 0.1) is 11.8 Å². The average Bonchev–Trinajstić information content (AvgIpc) is 1.93. The van der Waals surface area contributed by atoms with Crippen LogP contribution in [0.3, 0.4) is 0 Å². The molecule has 0 radical (unpaired) electrons. The van der Waals surface area contributed by atoms with E-state index in [2.05, 4.69) is 0 Å². The lowest BCUT2D eigenvalue weighted by Gasteiger charge is -2.57. The molecule has 23 heteroatoms. The van der Waals surface area contributed by atoms with E-state index in [1.807, 2.05) is 32.9 Å². The number of carbonyl (C=O) groups is 1. The first-order valence-electron chi connectivity index (χ1n) is 28.7. The molecule has 0 saturated carbocycles. The average molecular weight is 1190 g/mol. The number of hydrogen-bond acceptors (Lipinski definition) is 23. The molecule has 24 atom stereocenters. The summed E-state index contributed by atoms with van der Waals surface area (Å²) in [6.45, 7) is 18.2. The van der Waals surface area contributed by atoms with E-state index in [9.17, 15) is 50.8 Å². The molecule has 5 aliphatic heterocycles. The minimum Gasteiger partial charge on any atom is -0.497 e. The van der Waals surface area contributed by atoms with Crippen molar-refractivity contribution < 1.29 is 112 Å². The minimum atomic E-state index is -2.46. The van der Waals surface area contributed by atoms with Crippen molar-refractivity contribution in [3.63, 3.8) is 0 Å². The maximum Gasteiger partial charge on any atom is 0.334 e. The molecular weight excluding hydrogens is 1090 g/mol. The third-order valence-corrected chi connectivity index (χ3v) is 16.8. The zero-order valence-electron chi connectivity index (χ0n) is 51.3. The molecule has 83 heavy (non-hydrogen) atoms. The van der Waals surface area contributed by atoms with Crippen molar-refractivity contribution in [2.24, 2.45) is 11.8 Å². The first kappa shape index (κ1) is 70.7. The van der Waals surface area contributed by atoms with Crippen LogP contribution in [0.1, 0.15) is 108 Å². The Morgan fingerprint density at radius 3 is 1.99 bits per heavy atom. The molecule has 0 amide bonds. The van der Waals surface area contributed by atoms with Crippen molar-refractivity contribution in [1.82, 2.24) is 0 Å². The molecular formula is C60H98O23. The molecule has 5 aliphatic rings. The quantitative estimate of drug-likeness (QED) is 0.0747. The van der Waals surface area contributed by atoms with E-state index in [1.165, 1.54) is 61.5 Å². The number of rotatable bonds is 17. The van der Waals surface area contributed by atoms with Crippen LogP contribution < -0.4 is 0 Å². The Bertz CT molecular complexity index is 2270. The van der Waals surface area contributed by atoms with Crippen molar-refractivity contribution in [1.29, 1.82) is 0 Å². The predicted molar refractivity (Wildman–Crippen MR) is 300 cm³/mol. The molecule has 5 unspecified atom stereocenters. The van der Waals surface area contributed by atoms with Gasteiger partial charge in [-0.3, -0.25) is 0 Å². The van der Waals surface area contributed by atoms with E-state index in [0.717, 1.165) is 5.57 Å². The topological polar surface area (TPSA) is 319 Å². The zero-order valence-corrected chi connectivity index (χ0v) is 51.3. The van der Waals surface area contributed by atoms with Crippen LogP contribution in [0.25, 0.3) is 0 Å². The van der Waals surface area contributed by atoms with Crippen LogP contribution in [0.5, 0.6) is 0 Å². The van der Waals surface area contributed by atoms with Gasteiger partial charge in [0.1, 0.15) is 60.2 Å². The summed E-state index contributed by atoms with van der Waals surface area (Å²) in [7, 11) is 6.97. The summed E-state index contributed by atoms with van der Waals surface area (Å²) < 4.78 is 78.8. The largest absolute Gasteiger partial charge is 0.497 e. The SMILES string of the molecule is COCCC[C@H]1O[C@@](O)([C@H](C)C2CC(OC)C(O)\C=C(C)/C=C(C)/C=C(\C)C(O[C@H]3O[C@H](C)[C@@H](OC)[C@H](O)[C@H]3O)C(C)/C=C(CO)/C=C(OC)/C=C(\C)C(=O)O2)[C@H](OC)[C@@H](O)[C@]1(C)O[C@H]1C[C@H](O)[C@H](O[C@H]2C[C@@](C)(O)[C@H](O)[C@@H](C)O2)[C@@H](C)O1. The highest BCUT2D eigenvalue weighted by molar-refractivity contribution is 5.88. The molecule has 23 nitrogen and oxygen atoms in total. The maximum atomic E-state index is 14.5. The molecule has 0 aliphatic carbocycles. The van der Waals surface area contributed by atoms with Gasteiger partial charge in [0, 0.05) is 65.8 Å². The van der Waals surface area contributed by atoms with E-state index in [1.54, 1.807) is 53.7 Å². The zero-order chi connectivity index (χ0) is 62.1. The predicted octanol–water partition coefficient (Wildman–Crippen LogP) is 2.84. The first-order valence-corrected chi connectivity index (χ1v) is 28.7. The Morgan fingerprint density at radius 1 is 0.735 bits per heavy atom. The number of ether oxygens (including phenoxy) is 13. The number of aliphatic hydroxyl groups excluding tert-OH is 7. The number of esters is 1. The van der Waals surface area contributed by atoms with E-state index in [0.29, 0.717) is 23.1 Å². The third kappa shape index (κ3) is 17.2. The van der Waals surface area contributed by atoms with Crippen molar-refractivity contribution in [3.05, 3.63) is 70.1 Å². The summed E-state index contributed by atoms with van der Waals surface area (Å²) in [6.07, 6.45) is -11.5. The minimum absolute atomic E-state index is 0.0210. The van der Waals surface area contributed by atoms with Crippen LogP contribution in [-0.2, 0) is 66.4 Å². The maximum absolute atomic E-state index is 14.5. The molecule has 476 valence electrons. The molecule has 9 N–H and O–H groups in total. The third-order valence-electron chi connectivity index (χ3n) is 16.8. The standard InChI is InChI=1S/C60H98O23/c1-30-20-31(2)22-41(62)44(73-14)27-43(79-56(68)34(5)24-40(72-13)25-39(29-61)23-33(4)50(32(3)21-30)81-57-49(65)48(64)52(74-15)37(8)78-57)35(6)60(70)55(75-16)54(67)59(11,45(82-60)18-17-19-71-12)83-46-26-42(63)51(36(7)76-46)80-47-28-58(10,69)53(66)38(9)77-47/h20-25,33,35-38,41-55,57,61-67,69-70H,17-19,26-29H2,1-16H3/b30-20+,31-22-,32-21+,34-24+,39-23-,40-25-/t33?,35-,36-,37-,38-,41?,42+,43?,44?,45-,46+,47+,48-,49-,50?,51-,52-,53-,54-,55-,57-,58-,59-,60+/m1/s1. The lowest BCUT2D eigenvalue weighted by atomic mass is 9.75. The number of carbonyl (C=O) groups excluding carboxylic acids is 1. The van der Waals surface area contributed by atoms with Gasteiger partial charge in [-0.1, -0.05) is 49.3 Å². The summed E-state index contributed by atoms with van der Waals surface area (Å²) in [5.74, 6) is -4.99. The molecule has 0 aromatic rings. The summed E-state index contributed by atoms with van der Waals surface area (Å²) in [5.41, 5.74) is -0.823. The first-order chi connectivity index (χ1) is 38.9. The van der Waals surface area contributed by atoms with Gasteiger partial charge in [0.25, 0.3) is 0 Å². The monoisotopic (exact) mass is 1190 g/mol. The Kier molecular flexibility index (Phi) is 26.1. The molecule has 0 aromatic carbocycles. The van der Waals surface area contributed by atoms with Gasteiger partial charge in [0.05, 0.1) is 74.1 Å². The van der Waals surface area contributed by atoms with Gasteiger partial charge in [-0.2, -0.15) is 0 Å². The fraction of sp³-hybridized carbons (Fsp3) is 0.783. The highest BCUT2D eigenvalue weighted by atomic mass is 16.7. The molecule has 5 rings (SSSR count). The summed E-state index contributed by atoms with van der Waals surface area (Å²) in [4.78, 5) is 14.5. The molecule has 0 bridgehead atoms. The van der Waals surface area contributed by atoms with Crippen molar-refractivity contribution >= 4 is 5.97 Å². The molecule has 4 fully saturated rings. The van der Waals surface area contributed by atoms with Crippen LogP contribution in [0.4, 0.5) is 0 Å². The summed E-state index contributed by atoms with van der Waals surface area (Å²) in [6, 6.07) is 0. The Hall–Kier alpha value is -3.09. The number of methoxy groups -OCH3 is 5. The molecule has 0 spiro atoms. The Labute approximate surface area is 489 Å². The Balaban J connectivity index is 1.51. The van der Waals surface area contributed by atoms with Crippen LogP contribution in [0.15, 0.2) is 70.1 Å².